The van der Waals surface area contributed by atoms with Crippen molar-refractivity contribution in [2.75, 3.05) is 6.54 Å². The van der Waals surface area contributed by atoms with E-state index in [9.17, 15) is 9.59 Å². The number of nitrogens with zero attached hydrogens (tertiary/aromatic N) is 1. The minimum atomic E-state index is -0.871. The van der Waals surface area contributed by atoms with Crippen LogP contribution in [-0.2, 0) is 17.8 Å². The molecule has 1 unspecified atom stereocenters. The van der Waals surface area contributed by atoms with E-state index < -0.39 is 5.54 Å². The standard InChI is InChI=1S/C22H26N2O2/c1-4-13-24-20(25)19-12-8-7-10-17(19)14-22(24,3)21(26)23-15-18-11-6-5-9-16(18)2/h5-12H,4,13-15H2,1-3H3,(H,23,26). The number of amides is 2. The molecule has 4 nitrogen and oxygen atoms in total. The van der Waals surface area contributed by atoms with Gasteiger partial charge in [0.1, 0.15) is 5.54 Å². The van der Waals surface area contributed by atoms with Crippen molar-refractivity contribution in [3.8, 4) is 0 Å². The summed E-state index contributed by atoms with van der Waals surface area (Å²) < 4.78 is 0. The highest BCUT2D eigenvalue weighted by atomic mass is 16.2. The van der Waals surface area contributed by atoms with Crippen molar-refractivity contribution in [1.82, 2.24) is 10.2 Å². The summed E-state index contributed by atoms with van der Waals surface area (Å²) in [4.78, 5) is 27.9. The third-order valence-corrected chi connectivity index (χ3v) is 5.26. The SMILES string of the molecule is CCCN1C(=O)c2ccccc2CC1(C)C(=O)NCc1ccccc1C. The number of aryl methyl sites for hydroxylation is 1. The average Bonchev–Trinajstić information content (AvgIpc) is 2.64. The van der Waals surface area contributed by atoms with Crippen molar-refractivity contribution < 1.29 is 9.59 Å². The first-order valence-corrected chi connectivity index (χ1v) is 9.20. The van der Waals surface area contributed by atoms with Crippen LogP contribution in [0.5, 0.6) is 0 Å². The van der Waals surface area contributed by atoms with Crippen molar-refractivity contribution in [3.63, 3.8) is 0 Å². The van der Waals surface area contributed by atoms with Crippen molar-refractivity contribution in [3.05, 3.63) is 70.8 Å². The van der Waals surface area contributed by atoms with Crippen LogP contribution in [0.1, 0.15) is 47.3 Å². The van der Waals surface area contributed by atoms with Gasteiger partial charge in [-0.15, -0.1) is 0 Å². The fourth-order valence-corrected chi connectivity index (χ4v) is 3.67. The lowest BCUT2D eigenvalue weighted by atomic mass is 9.82. The van der Waals surface area contributed by atoms with Gasteiger partial charge in [0.2, 0.25) is 5.91 Å². The highest BCUT2D eigenvalue weighted by Gasteiger charge is 2.46. The summed E-state index contributed by atoms with van der Waals surface area (Å²) in [7, 11) is 0. The van der Waals surface area contributed by atoms with Gasteiger partial charge < -0.3 is 10.2 Å². The van der Waals surface area contributed by atoms with Crippen LogP contribution in [0.2, 0.25) is 0 Å². The molecule has 2 aromatic carbocycles. The van der Waals surface area contributed by atoms with Crippen molar-refractivity contribution in [2.45, 2.75) is 45.7 Å². The number of hydrogen-bond acceptors (Lipinski definition) is 2. The fourth-order valence-electron chi connectivity index (χ4n) is 3.67. The van der Waals surface area contributed by atoms with Gasteiger partial charge in [-0.1, -0.05) is 49.4 Å². The molecule has 0 bridgehead atoms. The number of fused-ring (bicyclic) bond motifs is 1. The molecule has 2 amide bonds. The average molecular weight is 350 g/mol. The first-order valence-electron chi connectivity index (χ1n) is 9.20. The van der Waals surface area contributed by atoms with E-state index in [1.54, 1.807) is 4.90 Å². The zero-order chi connectivity index (χ0) is 18.7. The zero-order valence-corrected chi connectivity index (χ0v) is 15.7. The number of nitrogens with one attached hydrogen (secondary N) is 1. The van der Waals surface area contributed by atoms with Crippen LogP contribution in [0.4, 0.5) is 0 Å². The molecule has 136 valence electrons. The Morgan fingerprint density at radius 3 is 2.58 bits per heavy atom. The molecular weight excluding hydrogens is 324 g/mol. The maximum absolute atomic E-state index is 13.1. The second-order valence-electron chi connectivity index (χ2n) is 7.17. The Bertz CT molecular complexity index is 830. The molecule has 0 aromatic heterocycles. The van der Waals surface area contributed by atoms with Gasteiger partial charge in [0.15, 0.2) is 0 Å². The Labute approximate surface area is 155 Å². The van der Waals surface area contributed by atoms with E-state index in [0.717, 1.165) is 23.1 Å². The molecule has 1 atom stereocenters. The van der Waals surface area contributed by atoms with Crippen LogP contribution in [0, 0.1) is 6.92 Å². The van der Waals surface area contributed by atoms with Crippen LogP contribution in [0.25, 0.3) is 0 Å². The Morgan fingerprint density at radius 1 is 1.15 bits per heavy atom. The van der Waals surface area contributed by atoms with Gasteiger partial charge >= 0.3 is 0 Å². The number of rotatable bonds is 5. The highest BCUT2D eigenvalue weighted by Crippen LogP contribution is 2.31. The topological polar surface area (TPSA) is 49.4 Å². The number of hydrogen-bond donors (Lipinski definition) is 1. The van der Waals surface area contributed by atoms with Crippen molar-refractivity contribution in [2.24, 2.45) is 0 Å². The van der Waals surface area contributed by atoms with Gasteiger partial charge in [0.05, 0.1) is 0 Å². The minimum absolute atomic E-state index is 0.0535. The molecule has 0 saturated carbocycles. The molecule has 0 spiro atoms. The van der Waals surface area contributed by atoms with Crippen LogP contribution < -0.4 is 5.32 Å². The predicted molar refractivity (Wildman–Crippen MR) is 103 cm³/mol. The lowest BCUT2D eigenvalue weighted by Gasteiger charge is -2.44. The summed E-state index contributed by atoms with van der Waals surface area (Å²) in [6.07, 6.45) is 1.35. The van der Waals surface area contributed by atoms with Gasteiger partial charge in [0, 0.05) is 25.1 Å². The maximum Gasteiger partial charge on any atom is 0.255 e. The highest BCUT2D eigenvalue weighted by molar-refractivity contribution is 6.02. The second-order valence-corrected chi connectivity index (χ2v) is 7.17. The smallest absolute Gasteiger partial charge is 0.255 e. The summed E-state index contributed by atoms with van der Waals surface area (Å²) in [5, 5.41) is 3.06. The quantitative estimate of drug-likeness (QED) is 0.897. The molecule has 0 aliphatic carbocycles. The molecule has 2 aromatic rings. The summed E-state index contributed by atoms with van der Waals surface area (Å²) in [6.45, 7) is 6.98. The van der Waals surface area contributed by atoms with E-state index in [1.165, 1.54) is 0 Å². The van der Waals surface area contributed by atoms with Crippen LogP contribution >= 0.6 is 0 Å². The van der Waals surface area contributed by atoms with E-state index in [0.29, 0.717) is 25.1 Å². The van der Waals surface area contributed by atoms with Crippen molar-refractivity contribution >= 4 is 11.8 Å². The molecule has 0 fully saturated rings. The molecule has 4 heteroatoms. The molecule has 0 saturated heterocycles. The maximum atomic E-state index is 13.1. The van der Waals surface area contributed by atoms with E-state index >= 15 is 0 Å². The lowest BCUT2D eigenvalue weighted by Crippen LogP contribution is -2.62. The Morgan fingerprint density at radius 2 is 1.85 bits per heavy atom. The Hall–Kier alpha value is -2.62. The molecule has 0 radical (unpaired) electrons. The lowest BCUT2D eigenvalue weighted by molar-refractivity contribution is -0.131. The minimum Gasteiger partial charge on any atom is -0.350 e. The van der Waals surface area contributed by atoms with Gasteiger partial charge in [-0.2, -0.15) is 0 Å². The van der Waals surface area contributed by atoms with Crippen LogP contribution in [0.3, 0.4) is 0 Å². The first kappa shape index (κ1) is 18.2. The third kappa shape index (κ3) is 3.24. The monoisotopic (exact) mass is 350 g/mol. The Balaban J connectivity index is 1.86. The van der Waals surface area contributed by atoms with Crippen LogP contribution in [-0.4, -0.2) is 28.8 Å². The van der Waals surface area contributed by atoms with Gasteiger partial charge in [-0.3, -0.25) is 9.59 Å². The number of carbonyl (C=O) groups excluding carboxylic acids is 2. The van der Waals surface area contributed by atoms with E-state index in [4.69, 9.17) is 0 Å². The fraction of sp³-hybridized carbons (Fsp3) is 0.364. The third-order valence-electron chi connectivity index (χ3n) is 5.26. The molecule has 3 rings (SSSR count). The molecule has 26 heavy (non-hydrogen) atoms. The molecular formula is C22H26N2O2. The number of carbonyl (C=O) groups is 2. The van der Waals surface area contributed by atoms with E-state index in [1.807, 2.05) is 69.3 Å². The van der Waals surface area contributed by atoms with Gasteiger partial charge in [-0.25, -0.2) is 0 Å². The van der Waals surface area contributed by atoms with E-state index in [2.05, 4.69) is 5.32 Å². The summed E-state index contributed by atoms with van der Waals surface area (Å²) >= 11 is 0. The number of benzene rings is 2. The Kier molecular flexibility index (Phi) is 5.12. The van der Waals surface area contributed by atoms with Gasteiger partial charge in [0.25, 0.3) is 5.91 Å². The first-order chi connectivity index (χ1) is 12.5. The zero-order valence-electron chi connectivity index (χ0n) is 15.7. The van der Waals surface area contributed by atoms with E-state index in [-0.39, 0.29) is 11.8 Å². The second kappa shape index (κ2) is 7.32. The normalized spacial score (nSPS) is 19.2. The van der Waals surface area contributed by atoms with Crippen LogP contribution in [0.15, 0.2) is 48.5 Å². The summed E-state index contributed by atoms with van der Waals surface area (Å²) in [5.41, 5.74) is 3.02. The summed E-state index contributed by atoms with van der Waals surface area (Å²) in [5.74, 6) is -0.153. The summed E-state index contributed by atoms with van der Waals surface area (Å²) in [6, 6.07) is 15.6. The molecule has 1 N–H and O–H groups in total. The predicted octanol–water partition coefficient (Wildman–Crippen LogP) is 3.48. The molecule has 1 aliphatic heterocycles. The molecule has 1 heterocycles. The largest absolute Gasteiger partial charge is 0.350 e. The molecule has 1 aliphatic rings. The van der Waals surface area contributed by atoms with Gasteiger partial charge in [-0.05, 0) is 43.0 Å². The van der Waals surface area contributed by atoms with Crippen molar-refractivity contribution in [1.29, 1.82) is 0 Å².